The van der Waals surface area contributed by atoms with E-state index in [9.17, 15) is 18.0 Å². The number of sulfonamides is 1. The van der Waals surface area contributed by atoms with Crippen molar-refractivity contribution in [2.75, 3.05) is 20.2 Å². The van der Waals surface area contributed by atoms with Crippen LogP contribution < -0.4 is 0 Å². The molecular formula is C20H22ClNO6S. The highest BCUT2D eigenvalue weighted by Gasteiger charge is 2.24. The molecule has 2 aromatic carbocycles. The summed E-state index contributed by atoms with van der Waals surface area (Å²) >= 11 is 6.08. The van der Waals surface area contributed by atoms with Gasteiger partial charge in [0, 0.05) is 13.1 Å². The highest BCUT2D eigenvalue weighted by molar-refractivity contribution is 7.89. The van der Waals surface area contributed by atoms with E-state index in [4.69, 9.17) is 16.3 Å². The zero-order valence-electron chi connectivity index (χ0n) is 16.3. The molecule has 156 valence electrons. The number of ether oxygens (including phenoxy) is 2. The molecule has 2 aromatic rings. The van der Waals surface area contributed by atoms with Gasteiger partial charge in [-0.3, -0.25) is 0 Å². The van der Waals surface area contributed by atoms with Crippen molar-refractivity contribution in [3.63, 3.8) is 0 Å². The molecule has 29 heavy (non-hydrogen) atoms. The summed E-state index contributed by atoms with van der Waals surface area (Å²) in [5.41, 5.74) is 0.986. The number of carbonyl (C=O) groups is 2. The average molecular weight is 440 g/mol. The van der Waals surface area contributed by atoms with E-state index in [1.54, 1.807) is 38.1 Å². The van der Waals surface area contributed by atoms with Gasteiger partial charge in [0.15, 0.2) is 0 Å². The molecule has 0 spiro atoms. The van der Waals surface area contributed by atoms with E-state index in [0.717, 1.165) is 0 Å². The van der Waals surface area contributed by atoms with Crippen molar-refractivity contribution in [1.29, 1.82) is 0 Å². The average Bonchev–Trinajstić information content (AvgIpc) is 2.72. The zero-order chi connectivity index (χ0) is 21.6. The van der Waals surface area contributed by atoms with Crippen molar-refractivity contribution in [1.82, 2.24) is 4.31 Å². The third-order valence-electron chi connectivity index (χ3n) is 4.25. The lowest BCUT2D eigenvalue weighted by molar-refractivity contribution is 0.0471. The SMILES string of the molecule is CCN(CC)S(=O)(=O)c1ccc(Cl)c(C(=O)OCc2ccc(C(=O)OC)cc2)c1. The maximum absolute atomic E-state index is 12.7. The molecule has 0 aliphatic rings. The predicted octanol–water partition coefficient (Wildman–Crippen LogP) is 3.51. The second kappa shape index (κ2) is 9.87. The van der Waals surface area contributed by atoms with E-state index in [-0.39, 0.29) is 22.1 Å². The quantitative estimate of drug-likeness (QED) is 0.584. The minimum absolute atomic E-state index is 0.0278. The summed E-state index contributed by atoms with van der Waals surface area (Å²) in [5.74, 6) is -1.21. The molecule has 0 heterocycles. The maximum atomic E-state index is 12.7. The molecule has 0 aromatic heterocycles. The minimum atomic E-state index is -3.73. The first-order valence-corrected chi connectivity index (χ1v) is 10.7. The third kappa shape index (κ3) is 5.35. The largest absolute Gasteiger partial charge is 0.465 e. The summed E-state index contributed by atoms with van der Waals surface area (Å²) in [7, 11) is -2.45. The molecule has 0 N–H and O–H groups in total. The highest BCUT2D eigenvalue weighted by atomic mass is 35.5. The van der Waals surface area contributed by atoms with Crippen molar-refractivity contribution in [3.05, 3.63) is 64.2 Å². The van der Waals surface area contributed by atoms with Gasteiger partial charge >= 0.3 is 11.9 Å². The van der Waals surface area contributed by atoms with Crippen LogP contribution in [0.2, 0.25) is 5.02 Å². The molecular weight excluding hydrogens is 418 g/mol. The number of benzene rings is 2. The number of esters is 2. The summed E-state index contributed by atoms with van der Waals surface area (Å²) in [6.07, 6.45) is 0. The van der Waals surface area contributed by atoms with Crippen LogP contribution in [0.15, 0.2) is 47.4 Å². The number of halogens is 1. The first-order valence-electron chi connectivity index (χ1n) is 8.88. The van der Waals surface area contributed by atoms with Crippen molar-refractivity contribution in [2.24, 2.45) is 0 Å². The van der Waals surface area contributed by atoms with Gasteiger partial charge in [-0.1, -0.05) is 37.6 Å². The lowest BCUT2D eigenvalue weighted by Crippen LogP contribution is -2.30. The van der Waals surface area contributed by atoms with Crippen molar-refractivity contribution in [2.45, 2.75) is 25.3 Å². The van der Waals surface area contributed by atoms with Crippen LogP contribution in [0.25, 0.3) is 0 Å². The summed E-state index contributed by atoms with van der Waals surface area (Å²) < 4.78 is 36.5. The summed E-state index contributed by atoms with van der Waals surface area (Å²) in [4.78, 5) is 23.9. The molecule has 0 atom stereocenters. The highest BCUT2D eigenvalue weighted by Crippen LogP contribution is 2.24. The summed E-state index contributed by atoms with van der Waals surface area (Å²) in [5, 5.41) is 0.0922. The minimum Gasteiger partial charge on any atom is -0.465 e. The molecule has 0 amide bonds. The Morgan fingerprint density at radius 3 is 2.17 bits per heavy atom. The number of nitrogens with zero attached hydrogens (tertiary/aromatic N) is 1. The lowest BCUT2D eigenvalue weighted by Gasteiger charge is -2.19. The molecule has 0 aliphatic heterocycles. The Kier molecular flexibility index (Phi) is 7.78. The van der Waals surface area contributed by atoms with Crippen LogP contribution >= 0.6 is 11.6 Å². The van der Waals surface area contributed by atoms with Crippen molar-refractivity contribution < 1.29 is 27.5 Å². The standard InChI is InChI=1S/C20H22ClNO6S/c1-4-22(5-2)29(25,26)16-10-11-18(21)17(12-16)20(24)28-13-14-6-8-15(9-7-14)19(23)27-3/h6-12H,4-5,13H2,1-3H3. The van der Waals surface area contributed by atoms with Gasteiger partial charge in [0.05, 0.1) is 28.2 Å². The van der Waals surface area contributed by atoms with E-state index < -0.39 is 22.0 Å². The number of methoxy groups -OCH3 is 1. The molecule has 2 rings (SSSR count). The van der Waals surface area contributed by atoms with Gasteiger partial charge in [-0.25, -0.2) is 18.0 Å². The number of hydrogen-bond donors (Lipinski definition) is 0. The van der Waals surface area contributed by atoms with Crippen LogP contribution in [-0.2, 0) is 26.1 Å². The Hall–Kier alpha value is -2.42. The van der Waals surface area contributed by atoms with Crippen LogP contribution in [-0.4, -0.2) is 44.9 Å². The molecule has 0 saturated heterocycles. The molecule has 0 radical (unpaired) electrons. The monoisotopic (exact) mass is 439 g/mol. The van der Waals surface area contributed by atoms with E-state index in [1.807, 2.05) is 0 Å². The van der Waals surface area contributed by atoms with Gasteiger partial charge in [0.1, 0.15) is 6.61 Å². The fourth-order valence-electron chi connectivity index (χ4n) is 2.62. The molecule has 0 fully saturated rings. The van der Waals surface area contributed by atoms with Crippen molar-refractivity contribution >= 4 is 33.6 Å². The van der Waals surface area contributed by atoms with Crippen LogP contribution in [0.3, 0.4) is 0 Å². The normalized spacial score (nSPS) is 11.3. The lowest BCUT2D eigenvalue weighted by atomic mass is 10.1. The molecule has 0 unspecified atom stereocenters. The number of carbonyl (C=O) groups excluding carboxylic acids is 2. The Morgan fingerprint density at radius 1 is 1.00 bits per heavy atom. The molecule has 7 nitrogen and oxygen atoms in total. The number of rotatable bonds is 8. The first kappa shape index (κ1) is 22.9. The van der Waals surface area contributed by atoms with E-state index in [2.05, 4.69) is 4.74 Å². The topological polar surface area (TPSA) is 90.0 Å². The van der Waals surface area contributed by atoms with E-state index in [1.165, 1.54) is 29.6 Å². The van der Waals surface area contributed by atoms with Gasteiger partial charge < -0.3 is 9.47 Å². The Morgan fingerprint density at radius 2 is 1.62 bits per heavy atom. The van der Waals surface area contributed by atoms with Crippen LogP contribution in [0, 0.1) is 0 Å². The fourth-order valence-corrected chi connectivity index (χ4v) is 4.29. The first-order chi connectivity index (χ1) is 13.7. The van der Waals surface area contributed by atoms with Gasteiger partial charge in [0.25, 0.3) is 0 Å². The van der Waals surface area contributed by atoms with Gasteiger partial charge in [-0.2, -0.15) is 4.31 Å². The van der Waals surface area contributed by atoms with Gasteiger partial charge in [-0.05, 0) is 35.9 Å². The molecule has 0 saturated carbocycles. The Balaban J connectivity index is 2.18. The predicted molar refractivity (Wildman–Crippen MR) is 108 cm³/mol. The number of hydrogen-bond acceptors (Lipinski definition) is 6. The summed E-state index contributed by atoms with van der Waals surface area (Å²) in [6.45, 7) is 4.02. The zero-order valence-corrected chi connectivity index (χ0v) is 17.9. The smallest absolute Gasteiger partial charge is 0.340 e. The van der Waals surface area contributed by atoms with Crippen molar-refractivity contribution in [3.8, 4) is 0 Å². The fraction of sp³-hybridized carbons (Fsp3) is 0.300. The second-order valence-electron chi connectivity index (χ2n) is 6.00. The summed E-state index contributed by atoms with van der Waals surface area (Å²) in [6, 6.07) is 10.3. The van der Waals surface area contributed by atoms with Crippen LogP contribution in [0.4, 0.5) is 0 Å². The van der Waals surface area contributed by atoms with Crippen LogP contribution in [0.1, 0.15) is 40.1 Å². The van der Waals surface area contributed by atoms with Gasteiger partial charge in [-0.15, -0.1) is 0 Å². The Bertz CT molecular complexity index is 985. The molecule has 0 aliphatic carbocycles. The third-order valence-corrected chi connectivity index (χ3v) is 6.62. The molecule has 9 heteroatoms. The molecule has 0 bridgehead atoms. The van der Waals surface area contributed by atoms with E-state index in [0.29, 0.717) is 24.2 Å². The van der Waals surface area contributed by atoms with Crippen LogP contribution in [0.5, 0.6) is 0 Å². The van der Waals surface area contributed by atoms with E-state index >= 15 is 0 Å². The Labute approximate surface area is 175 Å². The van der Waals surface area contributed by atoms with Gasteiger partial charge in [0.2, 0.25) is 10.0 Å². The maximum Gasteiger partial charge on any atom is 0.340 e. The second-order valence-corrected chi connectivity index (χ2v) is 8.34.